The highest BCUT2D eigenvalue weighted by atomic mass is 32.2. The van der Waals surface area contributed by atoms with Gasteiger partial charge in [-0.3, -0.25) is 4.79 Å². The Bertz CT molecular complexity index is 539. The summed E-state index contributed by atoms with van der Waals surface area (Å²) in [6, 6.07) is 5.88. The minimum Gasteiger partial charge on any atom is -0.324 e. The number of carbonyl (C=O) groups is 1. The molecule has 1 fully saturated rings. The zero-order valence-corrected chi connectivity index (χ0v) is 12.6. The molecular weight excluding hydrogens is 268 g/mol. The van der Waals surface area contributed by atoms with E-state index in [4.69, 9.17) is 5.73 Å². The second-order valence-electron chi connectivity index (χ2n) is 4.90. The van der Waals surface area contributed by atoms with Gasteiger partial charge in [-0.25, -0.2) is 0 Å². The third-order valence-corrected chi connectivity index (χ3v) is 4.61. The van der Waals surface area contributed by atoms with Crippen LogP contribution in [0.4, 0.5) is 5.69 Å². The first-order valence-corrected chi connectivity index (χ1v) is 7.97. The van der Waals surface area contributed by atoms with Crippen LogP contribution in [0.5, 0.6) is 0 Å². The summed E-state index contributed by atoms with van der Waals surface area (Å²) >= 11 is 1.75. The molecule has 0 aromatic heterocycles. The predicted octanol–water partition coefficient (Wildman–Crippen LogP) is 2.53. The lowest BCUT2D eigenvalue weighted by Crippen LogP contribution is -2.27. The van der Waals surface area contributed by atoms with E-state index in [2.05, 4.69) is 17.2 Å². The predicted molar refractivity (Wildman–Crippen MR) is 85.8 cm³/mol. The van der Waals surface area contributed by atoms with E-state index in [-0.39, 0.29) is 11.2 Å². The fourth-order valence-electron chi connectivity index (χ4n) is 2.18. The molecule has 1 aliphatic rings. The summed E-state index contributed by atoms with van der Waals surface area (Å²) in [5.74, 6) is 7.04. The first kappa shape index (κ1) is 15.0. The van der Waals surface area contributed by atoms with Crippen molar-refractivity contribution in [1.82, 2.24) is 0 Å². The number of carbonyl (C=O) groups excluding carboxylic acids is 1. The number of benzene rings is 1. The molecule has 4 heteroatoms. The smallest absolute Gasteiger partial charge is 0.237 e. The van der Waals surface area contributed by atoms with Gasteiger partial charge in [0.15, 0.2) is 0 Å². The highest BCUT2D eigenvalue weighted by molar-refractivity contribution is 8.00. The maximum absolute atomic E-state index is 12.3. The number of amides is 1. The number of hydrogen-bond acceptors (Lipinski definition) is 3. The molecule has 0 saturated carbocycles. The van der Waals surface area contributed by atoms with E-state index >= 15 is 0 Å². The highest BCUT2D eigenvalue weighted by Crippen LogP contribution is 2.26. The van der Waals surface area contributed by atoms with E-state index in [9.17, 15) is 4.79 Å². The molecule has 1 saturated heterocycles. The molecule has 1 heterocycles. The molecule has 0 aliphatic carbocycles. The molecule has 2 rings (SSSR count). The Morgan fingerprint density at radius 2 is 2.35 bits per heavy atom. The minimum atomic E-state index is 0.0698. The third-order valence-electron chi connectivity index (χ3n) is 3.23. The van der Waals surface area contributed by atoms with Crippen LogP contribution in [-0.4, -0.2) is 23.5 Å². The van der Waals surface area contributed by atoms with Gasteiger partial charge in [-0.2, -0.15) is 0 Å². The average molecular weight is 288 g/mol. The van der Waals surface area contributed by atoms with Gasteiger partial charge < -0.3 is 11.1 Å². The molecule has 3 nitrogen and oxygen atoms in total. The van der Waals surface area contributed by atoms with Crippen LogP contribution < -0.4 is 11.1 Å². The number of aryl methyl sites for hydroxylation is 1. The van der Waals surface area contributed by atoms with E-state index < -0.39 is 0 Å². The third kappa shape index (κ3) is 4.03. The van der Waals surface area contributed by atoms with Crippen LogP contribution in [0.3, 0.4) is 0 Å². The van der Waals surface area contributed by atoms with Gasteiger partial charge in [-0.1, -0.05) is 24.3 Å². The normalized spacial score (nSPS) is 18.0. The number of nitrogens with two attached hydrogens (primary N) is 1. The minimum absolute atomic E-state index is 0.0698. The monoisotopic (exact) mass is 288 g/mol. The van der Waals surface area contributed by atoms with Gasteiger partial charge in [-0.05, 0) is 43.2 Å². The van der Waals surface area contributed by atoms with Gasteiger partial charge in [0.2, 0.25) is 5.91 Å². The molecule has 0 bridgehead atoms. The first-order chi connectivity index (χ1) is 9.70. The largest absolute Gasteiger partial charge is 0.324 e. The Morgan fingerprint density at radius 1 is 1.50 bits per heavy atom. The molecule has 1 amide bonds. The standard InChI is InChI=1S/C16H20N2OS/c1-12-7-8-14(13(11-12)5-4-9-17)18-16(19)15-6-2-3-10-20-15/h7-8,11,15H,2-3,6,9-10,17H2,1H3,(H,18,19). The van der Waals surface area contributed by atoms with Crippen molar-refractivity contribution in [3.05, 3.63) is 29.3 Å². The summed E-state index contributed by atoms with van der Waals surface area (Å²) in [5.41, 5.74) is 8.16. The lowest BCUT2D eigenvalue weighted by Gasteiger charge is -2.20. The van der Waals surface area contributed by atoms with Crippen LogP contribution in [0.25, 0.3) is 0 Å². The van der Waals surface area contributed by atoms with Crippen LogP contribution in [0.2, 0.25) is 0 Å². The molecule has 0 spiro atoms. The summed E-state index contributed by atoms with van der Waals surface area (Å²) in [6.07, 6.45) is 3.32. The summed E-state index contributed by atoms with van der Waals surface area (Å²) in [4.78, 5) is 12.3. The van der Waals surface area contributed by atoms with E-state index in [1.807, 2.05) is 25.1 Å². The van der Waals surface area contributed by atoms with E-state index in [1.54, 1.807) is 11.8 Å². The maximum atomic E-state index is 12.3. The van der Waals surface area contributed by atoms with Gasteiger partial charge in [-0.15, -0.1) is 11.8 Å². The molecular formula is C16H20N2OS. The summed E-state index contributed by atoms with van der Waals surface area (Å²) in [6.45, 7) is 2.33. The number of thioether (sulfide) groups is 1. The fraction of sp³-hybridized carbons (Fsp3) is 0.438. The van der Waals surface area contributed by atoms with Crippen molar-refractivity contribution in [2.45, 2.75) is 31.4 Å². The average Bonchev–Trinajstić information content (AvgIpc) is 2.48. The number of anilines is 1. The Hall–Kier alpha value is -1.44. The van der Waals surface area contributed by atoms with E-state index in [1.165, 1.54) is 6.42 Å². The summed E-state index contributed by atoms with van der Waals surface area (Å²) in [5, 5.41) is 3.08. The lowest BCUT2D eigenvalue weighted by atomic mass is 10.1. The van der Waals surface area contributed by atoms with Crippen molar-refractivity contribution in [2.24, 2.45) is 5.73 Å². The van der Waals surface area contributed by atoms with Crippen LogP contribution in [-0.2, 0) is 4.79 Å². The molecule has 106 valence electrons. The van der Waals surface area contributed by atoms with Gasteiger partial charge in [0.1, 0.15) is 0 Å². The Morgan fingerprint density at radius 3 is 3.05 bits per heavy atom. The molecule has 1 aliphatic heterocycles. The van der Waals surface area contributed by atoms with Crippen molar-refractivity contribution in [2.75, 3.05) is 17.6 Å². The number of nitrogens with one attached hydrogen (secondary N) is 1. The quantitative estimate of drug-likeness (QED) is 0.822. The lowest BCUT2D eigenvalue weighted by molar-refractivity contribution is -0.115. The van der Waals surface area contributed by atoms with Crippen molar-refractivity contribution in [3.63, 3.8) is 0 Å². The van der Waals surface area contributed by atoms with Crippen molar-refractivity contribution in [3.8, 4) is 11.8 Å². The first-order valence-electron chi connectivity index (χ1n) is 6.93. The zero-order chi connectivity index (χ0) is 14.4. The molecule has 0 radical (unpaired) electrons. The van der Waals surface area contributed by atoms with E-state index in [0.717, 1.165) is 35.4 Å². The highest BCUT2D eigenvalue weighted by Gasteiger charge is 2.22. The van der Waals surface area contributed by atoms with Gasteiger partial charge in [0, 0.05) is 5.56 Å². The van der Waals surface area contributed by atoms with Gasteiger partial charge in [0.05, 0.1) is 17.5 Å². The SMILES string of the molecule is Cc1ccc(NC(=O)C2CCCCS2)c(C#CCN)c1. The fourth-order valence-corrected chi connectivity index (χ4v) is 3.38. The van der Waals surface area contributed by atoms with Gasteiger partial charge in [0.25, 0.3) is 0 Å². The molecule has 3 N–H and O–H groups in total. The Balaban J connectivity index is 2.13. The number of hydrogen-bond donors (Lipinski definition) is 2. The number of rotatable bonds is 2. The van der Waals surface area contributed by atoms with Crippen LogP contribution >= 0.6 is 11.8 Å². The van der Waals surface area contributed by atoms with Crippen LogP contribution in [0.15, 0.2) is 18.2 Å². The van der Waals surface area contributed by atoms with E-state index in [0.29, 0.717) is 6.54 Å². The van der Waals surface area contributed by atoms with Crippen molar-refractivity contribution in [1.29, 1.82) is 0 Å². The van der Waals surface area contributed by atoms with Crippen molar-refractivity contribution >= 4 is 23.4 Å². The molecule has 1 aromatic rings. The Kier molecular flexibility index (Phi) is 5.51. The van der Waals surface area contributed by atoms with Crippen LogP contribution in [0.1, 0.15) is 30.4 Å². The molecule has 1 aromatic carbocycles. The summed E-state index contributed by atoms with van der Waals surface area (Å²) in [7, 11) is 0. The Labute approximate surface area is 124 Å². The zero-order valence-electron chi connectivity index (χ0n) is 11.7. The molecule has 1 unspecified atom stereocenters. The van der Waals surface area contributed by atoms with Crippen molar-refractivity contribution < 1.29 is 4.79 Å². The second-order valence-corrected chi connectivity index (χ2v) is 6.21. The van der Waals surface area contributed by atoms with Gasteiger partial charge >= 0.3 is 0 Å². The second kappa shape index (κ2) is 7.37. The molecule has 1 atom stereocenters. The summed E-state index contributed by atoms with van der Waals surface area (Å²) < 4.78 is 0. The maximum Gasteiger partial charge on any atom is 0.237 e. The molecule has 20 heavy (non-hydrogen) atoms. The van der Waals surface area contributed by atoms with Crippen LogP contribution in [0, 0.1) is 18.8 Å². The topological polar surface area (TPSA) is 55.1 Å².